The molecule has 19 heavy (non-hydrogen) atoms. The van der Waals surface area contributed by atoms with Crippen molar-refractivity contribution in [2.45, 2.75) is 10.9 Å². The van der Waals surface area contributed by atoms with Gasteiger partial charge in [0, 0.05) is 27.4 Å². The number of nitrogens with one attached hydrogen (secondary N) is 1. The third kappa shape index (κ3) is 3.91. The van der Waals surface area contributed by atoms with Gasteiger partial charge >= 0.3 is 0 Å². The summed E-state index contributed by atoms with van der Waals surface area (Å²) in [4.78, 5) is 4.74. The number of halogens is 2. The number of benzene rings is 1. The largest absolute Gasteiger partial charge is 0.271 e. The topological polar surface area (TPSA) is 50.9 Å². The van der Waals surface area contributed by atoms with Gasteiger partial charge in [0.1, 0.15) is 5.82 Å². The molecule has 0 spiro atoms. The highest BCUT2D eigenvalue weighted by molar-refractivity contribution is 7.99. The molecule has 1 unspecified atom stereocenters. The first-order valence-electron chi connectivity index (χ1n) is 5.64. The fraction of sp³-hybridized carbons (Fsp3) is 0.154. The van der Waals surface area contributed by atoms with E-state index in [2.05, 4.69) is 10.4 Å². The van der Waals surface area contributed by atoms with Gasteiger partial charge in [-0.25, -0.2) is 4.39 Å². The Labute approximate surface area is 120 Å². The molecule has 0 aliphatic rings. The molecular weight excluding hydrogens is 285 g/mol. The number of hydrogen-bond acceptors (Lipinski definition) is 4. The molecule has 100 valence electrons. The predicted molar refractivity (Wildman–Crippen MR) is 76.4 cm³/mol. The molecule has 0 radical (unpaired) electrons. The summed E-state index contributed by atoms with van der Waals surface area (Å²) in [5, 5.41) is 0.678. The first-order chi connectivity index (χ1) is 9.20. The number of nitrogens with two attached hydrogens (primary N) is 1. The molecule has 2 aromatic rings. The van der Waals surface area contributed by atoms with Crippen molar-refractivity contribution in [3.8, 4) is 0 Å². The molecule has 1 heterocycles. The van der Waals surface area contributed by atoms with Crippen LogP contribution >= 0.6 is 23.4 Å². The molecule has 0 saturated heterocycles. The lowest BCUT2D eigenvalue weighted by Gasteiger charge is -2.16. The molecule has 0 bridgehead atoms. The van der Waals surface area contributed by atoms with E-state index in [1.807, 2.05) is 24.3 Å². The zero-order valence-electron chi connectivity index (χ0n) is 10.0. The van der Waals surface area contributed by atoms with E-state index in [-0.39, 0.29) is 11.9 Å². The van der Waals surface area contributed by atoms with E-state index in [0.29, 0.717) is 16.3 Å². The third-order valence-electron chi connectivity index (χ3n) is 2.59. The minimum Gasteiger partial charge on any atom is -0.271 e. The fourth-order valence-electron chi connectivity index (χ4n) is 1.63. The SMILES string of the molecule is NNC(CSc1cccc(Cl)c1)c1ccncc1F. The van der Waals surface area contributed by atoms with E-state index in [1.165, 1.54) is 6.20 Å². The van der Waals surface area contributed by atoms with E-state index in [9.17, 15) is 4.39 Å². The van der Waals surface area contributed by atoms with Crippen LogP contribution in [0, 0.1) is 5.82 Å². The Morgan fingerprint density at radius 1 is 1.42 bits per heavy atom. The maximum absolute atomic E-state index is 13.6. The van der Waals surface area contributed by atoms with Gasteiger partial charge in [-0.3, -0.25) is 16.3 Å². The Balaban J connectivity index is 2.06. The Morgan fingerprint density at radius 3 is 2.95 bits per heavy atom. The van der Waals surface area contributed by atoms with Gasteiger partial charge < -0.3 is 0 Å². The van der Waals surface area contributed by atoms with Crippen molar-refractivity contribution in [3.05, 3.63) is 59.1 Å². The molecular formula is C13H13ClFN3S. The predicted octanol–water partition coefficient (Wildman–Crippen LogP) is 3.17. The number of aromatic nitrogens is 1. The molecule has 0 aliphatic heterocycles. The quantitative estimate of drug-likeness (QED) is 0.506. The fourth-order valence-corrected chi connectivity index (χ4v) is 2.91. The van der Waals surface area contributed by atoms with Crippen molar-refractivity contribution in [1.29, 1.82) is 0 Å². The summed E-state index contributed by atoms with van der Waals surface area (Å²) in [7, 11) is 0. The smallest absolute Gasteiger partial charge is 0.146 e. The number of hydrazine groups is 1. The second-order valence-electron chi connectivity index (χ2n) is 3.88. The van der Waals surface area contributed by atoms with Crippen molar-refractivity contribution in [2.24, 2.45) is 5.84 Å². The van der Waals surface area contributed by atoms with Crippen molar-refractivity contribution in [3.63, 3.8) is 0 Å². The lowest BCUT2D eigenvalue weighted by molar-refractivity contribution is 0.542. The highest BCUT2D eigenvalue weighted by Crippen LogP contribution is 2.27. The summed E-state index contributed by atoms with van der Waals surface area (Å²) >= 11 is 7.47. The molecule has 3 nitrogen and oxygen atoms in total. The molecule has 1 aromatic carbocycles. The Hall–Kier alpha value is -1.14. The van der Waals surface area contributed by atoms with Crippen LogP contribution in [-0.2, 0) is 0 Å². The van der Waals surface area contributed by atoms with Crippen LogP contribution < -0.4 is 11.3 Å². The van der Waals surface area contributed by atoms with Gasteiger partial charge in [0.05, 0.1) is 12.2 Å². The van der Waals surface area contributed by atoms with Crippen LogP contribution in [0.25, 0.3) is 0 Å². The summed E-state index contributed by atoms with van der Waals surface area (Å²) in [5.41, 5.74) is 3.13. The second-order valence-corrected chi connectivity index (χ2v) is 5.41. The summed E-state index contributed by atoms with van der Waals surface area (Å²) in [6, 6.07) is 8.84. The van der Waals surface area contributed by atoms with Gasteiger partial charge in [-0.2, -0.15) is 0 Å². The number of nitrogens with zero attached hydrogens (tertiary/aromatic N) is 1. The zero-order valence-corrected chi connectivity index (χ0v) is 11.6. The Bertz CT molecular complexity index is 553. The number of hydrogen-bond donors (Lipinski definition) is 2. The molecule has 0 fully saturated rings. The molecule has 6 heteroatoms. The van der Waals surface area contributed by atoms with Crippen molar-refractivity contribution >= 4 is 23.4 Å². The van der Waals surface area contributed by atoms with Crippen LogP contribution in [0.3, 0.4) is 0 Å². The van der Waals surface area contributed by atoms with Crippen LogP contribution in [0.2, 0.25) is 5.02 Å². The Morgan fingerprint density at radius 2 is 2.26 bits per heavy atom. The van der Waals surface area contributed by atoms with Crippen molar-refractivity contribution in [1.82, 2.24) is 10.4 Å². The summed E-state index contributed by atoms with van der Waals surface area (Å²) in [6.45, 7) is 0. The maximum Gasteiger partial charge on any atom is 0.146 e. The van der Waals surface area contributed by atoms with E-state index < -0.39 is 0 Å². The summed E-state index contributed by atoms with van der Waals surface area (Å²) < 4.78 is 13.6. The first kappa shape index (κ1) is 14.3. The van der Waals surface area contributed by atoms with Crippen LogP contribution in [0.4, 0.5) is 4.39 Å². The molecule has 1 atom stereocenters. The highest BCUT2D eigenvalue weighted by atomic mass is 35.5. The number of pyridine rings is 1. The lowest BCUT2D eigenvalue weighted by atomic mass is 10.1. The van der Waals surface area contributed by atoms with Crippen molar-refractivity contribution in [2.75, 3.05) is 5.75 Å². The Kier molecular flexibility index (Phi) is 5.15. The minimum absolute atomic E-state index is 0.285. The van der Waals surface area contributed by atoms with E-state index >= 15 is 0 Å². The number of thioether (sulfide) groups is 1. The van der Waals surface area contributed by atoms with E-state index in [4.69, 9.17) is 17.4 Å². The molecule has 0 aliphatic carbocycles. The number of rotatable bonds is 5. The summed E-state index contributed by atoms with van der Waals surface area (Å²) in [5.74, 6) is 5.72. The minimum atomic E-state index is -0.364. The maximum atomic E-state index is 13.6. The monoisotopic (exact) mass is 297 g/mol. The molecule has 3 N–H and O–H groups in total. The van der Waals surface area contributed by atoms with Crippen LogP contribution in [0.5, 0.6) is 0 Å². The van der Waals surface area contributed by atoms with E-state index in [0.717, 1.165) is 4.90 Å². The molecule has 1 aromatic heterocycles. The van der Waals surface area contributed by atoms with Gasteiger partial charge in [0.15, 0.2) is 0 Å². The lowest BCUT2D eigenvalue weighted by Crippen LogP contribution is -2.30. The third-order valence-corrected chi connectivity index (χ3v) is 3.92. The standard InChI is InChI=1S/C13H13ClFN3S/c14-9-2-1-3-10(6-9)19-8-13(18-16)11-4-5-17-7-12(11)15/h1-7,13,18H,8,16H2. The van der Waals surface area contributed by atoms with Gasteiger partial charge in [-0.1, -0.05) is 17.7 Å². The summed E-state index contributed by atoms with van der Waals surface area (Å²) in [6.07, 6.45) is 2.73. The van der Waals surface area contributed by atoms with Gasteiger partial charge in [-0.15, -0.1) is 11.8 Å². The molecule has 2 rings (SSSR count). The van der Waals surface area contributed by atoms with Crippen LogP contribution in [-0.4, -0.2) is 10.7 Å². The van der Waals surface area contributed by atoms with Crippen LogP contribution in [0.15, 0.2) is 47.6 Å². The second kappa shape index (κ2) is 6.86. The highest BCUT2D eigenvalue weighted by Gasteiger charge is 2.14. The average molecular weight is 298 g/mol. The van der Waals surface area contributed by atoms with Gasteiger partial charge in [-0.05, 0) is 24.3 Å². The zero-order chi connectivity index (χ0) is 13.7. The van der Waals surface area contributed by atoms with Crippen LogP contribution in [0.1, 0.15) is 11.6 Å². The first-order valence-corrected chi connectivity index (χ1v) is 7.01. The van der Waals surface area contributed by atoms with Gasteiger partial charge in [0.25, 0.3) is 0 Å². The molecule has 0 amide bonds. The molecule has 0 saturated carbocycles. The van der Waals surface area contributed by atoms with Gasteiger partial charge in [0.2, 0.25) is 0 Å². The van der Waals surface area contributed by atoms with E-state index in [1.54, 1.807) is 24.0 Å². The normalized spacial score (nSPS) is 12.4. The van der Waals surface area contributed by atoms with Crippen molar-refractivity contribution < 1.29 is 4.39 Å². The average Bonchev–Trinajstić information content (AvgIpc) is 2.41.